The average Bonchev–Trinajstić information content (AvgIpc) is 3.43. The molecular formula is C20H24N2O3. The molecule has 1 heterocycles. The highest BCUT2D eigenvalue weighted by Crippen LogP contribution is 2.32. The Morgan fingerprint density at radius 1 is 1.08 bits per heavy atom. The van der Waals surface area contributed by atoms with Crippen LogP contribution in [0.4, 0.5) is 0 Å². The van der Waals surface area contributed by atoms with Crippen LogP contribution in [0.2, 0.25) is 0 Å². The van der Waals surface area contributed by atoms with E-state index < -0.39 is 0 Å². The van der Waals surface area contributed by atoms with Crippen molar-refractivity contribution in [3.63, 3.8) is 0 Å². The molecule has 2 aliphatic carbocycles. The van der Waals surface area contributed by atoms with Crippen molar-refractivity contribution in [3.05, 3.63) is 34.9 Å². The number of fused-ring (bicyclic) bond motifs is 1. The Bertz CT molecular complexity index is 716. The predicted octanol–water partition coefficient (Wildman–Crippen LogP) is 2.19. The number of piperidine rings is 1. The SMILES string of the molecule is O=C1CCc2c1cccc2C(=O)NCC1CCN(C(=O)C2CC2)CC1. The number of hydrogen-bond donors (Lipinski definition) is 1. The van der Waals surface area contributed by atoms with Gasteiger partial charge in [0.25, 0.3) is 5.91 Å². The van der Waals surface area contributed by atoms with Crippen LogP contribution >= 0.6 is 0 Å². The Hall–Kier alpha value is -2.17. The molecule has 4 rings (SSSR count). The van der Waals surface area contributed by atoms with Gasteiger partial charge >= 0.3 is 0 Å². The molecule has 3 aliphatic rings. The van der Waals surface area contributed by atoms with Gasteiger partial charge in [-0.25, -0.2) is 0 Å². The lowest BCUT2D eigenvalue weighted by Gasteiger charge is -2.32. The molecule has 1 saturated carbocycles. The zero-order valence-corrected chi connectivity index (χ0v) is 14.4. The van der Waals surface area contributed by atoms with Crippen molar-refractivity contribution in [2.24, 2.45) is 11.8 Å². The van der Waals surface area contributed by atoms with Gasteiger partial charge in [0.2, 0.25) is 5.91 Å². The molecule has 0 unspecified atom stereocenters. The Morgan fingerprint density at radius 3 is 2.56 bits per heavy atom. The molecule has 5 nitrogen and oxygen atoms in total. The van der Waals surface area contributed by atoms with Gasteiger partial charge in [0.15, 0.2) is 5.78 Å². The molecular weight excluding hydrogens is 316 g/mol. The first-order chi connectivity index (χ1) is 12.1. The van der Waals surface area contributed by atoms with Crippen LogP contribution in [0.1, 0.15) is 58.4 Å². The third-order valence-electron chi connectivity index (χ3n) is 5.73. The van der Waals surface area contributed by atoms with Gasteiger partial charge in [0.1, 0.15) is 0 Å². The minimum Gasteiger partial charge on any atom is -0.352 e. The van der Waals surface area contributed by atoms with Gasteiger partial charge in [-0.05, 0) is 49.7 Å². The maximum Gasteiger partial charge on any atom is 0.251 e. The van der Waals surface area contributed by atoms with Crippen LogP contribution < -0.4 is 5.32 Å². The summed E-state index contributed by atoms with van der Waals surface area (Å²) in [5.41, 5.74) is 2.25. The maximum absolute atomic E-state index is 12.5. The highest BCUT2D eigenvalue weighted by atomic mass is 16.2. The van der Waals surface area contributed by atoms with Crippen molar-refractivity contribution in [2.45, 2.75) is 38.5 Å². The standard InChI is InChI=1S/C20H24N2O3/c23-18-7-6-15-16(18)2-1-3-17(15)19(24)21-12-13-8-10-22(11-9-13)20(25)14-4-5-14/h1-3,13-14H,4-12H2,(H,21,24). The van der Waals surface area contributed by atoms with Crippen LogP contribution in [0.15, 0.2) is 18.2 Å². The third-order valence-corrected chi connectivity index (χ3v) is 5.73. The van der Waals surface area contributed by atoms with Crippen molar-refractivity contribution in [3.8, 4) is 0 Å². The molecule has 1 aromatic rings. The number of carbonyl (C=O) groups excluding carboxylic acids is 3. The molecule has 0 spiro atoms. The van der Waals surface area contributed by atoms with Gasteiger partial charge in [-0.15, -0.1) is 0 Å². The first-order valence-corrected chi connectivity index (χ1v) is 9.35. The second kappa shape index (κ2) is 6.62. The van der Waals surface area contributed by atoms with E-state index in [0.29, 0.717) is 48.3 Å². The van der Waals surface area contributed by atoms with Gasteiger partial charge < -0.3 is 10.2 Å². The van der Waals surface area contributed by atoms with Crippen LogP contribution in [-0.4, -0.2) is 42.1 Å². The lowest BCUT2D eigenvalue weighted by Crippen LogP contribution is -2.42. The fourth-order valence-corrected chi connectivity index (χ4v) is 3.98. The second-order valence-corrected chi connectivity index (χ2v) is 7.51. The van der Waals surface area contributed by atoms with Crippen LogP contribution in [0.5, 0.6) is 0 Å². The molecule has 0 bridgehead atoms. The van der Waals surface area contributed by atoms with Gasteiger partial charge in [-0.2, -0.15) is 0 Å². The molecule has 0 aromatic heterocycles. The van der Waals surface area contributed by atoms with Gasteiger partial charge in [0.05, 0.1) is 0 Å². The zero-order valence-electron chi connectivity index (χ0n) is 14.4. The molecule has 132 valence electrons. The summed E-state index contributed by atoms with van der Waals surface area (Å²) in [5.74, 6) is 1.09. The number of ketones is 1. The van der Waals surface area contributed by atoms with E-state index in [1.165, 1.54) is 0 Å². The average molecular weight is 340 g/mol. The van der Waals surface area contributed by atoms with Crippen molar-refractivity contribution in [2.75, 3.05) is 19.6 Å². The van der Waals surface area contributed by atoms with E-state index in [4.69, 9.17) is 0 Å². The summed E-state index contributed by atoms with van der Waals surface area (Å²) in [5, 5.41) is 3.04. The fraction of sp³-hybridized carbons (Fsp3) is 0.550. The molecule has 2 fully saturated rings. The van der Waals surface area contributed by atoms with E-state index in [1.54, 1.807) is 6.07 Å². The number of hydrogen-bond acceptors (Lipinski definition) is 3. The van der Waals surface area contributed by atoms with Gasteiger partial charge in [0, 0.05) is 43.1 Å². The summed E-state index contributed by atoms with van der Waals surface area (Å²) in [4.78, 5) is 38.4. The summed E-state index contributed by atoms with van der Waals surface area (Å²) in [7, 11) is 0. The highest BCUT2D eigenvalue weighted by Gasteiger charge is 2.35. The molecule has 5 heteroatoms. The quantitative estimate of drug-likeness (QED) is 0.914. The number of nitrogens with zero attached hydrogens (tertiary/aromatic N) is 1. The summed E-state index contributed by atoms with van der Waals surface area (Å²) in [6, 6.07) is 5.41. The molecule has 1 N–H and O–H groups in total. The number of likely N-dealkylation sites (tertiary alicyclic amines) is 1. The monoisotopic (exact) mass is 340 g/mol. The van der Waals surface area contributed by atoms with Gasteiger partial charge in [-0.1, -0.05) is 12.1 Å². The van der Waals surface area contributed by atoms with Gasteiger partial charge in [-0.3, -0.25) is 14.4 Å². The number of benzene rings is 1. The zero-order chi connectivity index (χ0) is 17.4. The Kier molecular flexibility index (Phi) is 4.32. The lowest BCUT2D eigenvalue weighted by molar-refractivity contribution is -0.133. The van der Waals surface area contributed by atoms with Crippen molar-refractivity contribution in [1.29, 1.82) is 0 Å². The number of rotatable bonds is 4. The van der Waals surface area contributed by atoms with Crippen molar-refractivity contribution < 1.29 is 14.4 Å². The normalized spacial score (nSPS) is 20.5. The summed E-state index contributed by atoms with van der Waals surface area (Å²) in [6.07, 6.45) is 5.18. The van der Waals surface area contributed by atoms with Crippen LogP contribution in [0, 0.1) is 11.8 Å². The van der Waals surface area contributed by atoms with Crippen molar-refractivity contribution in [1.82, 2.24) is 10.2 Å². The number of amides is 2. The first kappa shape index (κ1) is 16.3. The molecule has 2 amide bonds. The molecule has 1 aliphatic heterocycles. The van der Waals surface area contributed by atoms with E-state index in [2.05, 4.69) is 5.32 Å². The molecule has 1 saturated heterocycles. The molecule has 25 heavy (non-hydrogen) atoms. The Labute approximate surface area is 147 Å². The van der Waals surface area contributed by atoms with Crippen LogP contribution in [0.3, 0.4) is 0 Å². The van der Waals surface area contributed by atoms with E-state index in [1.807, 2.05) is 17.0 Å². The van der Waals surface area contributed by atoms with Crippen molar-refractivity contribution >= 4 is 17.6 Å². The van der Waals surface area contributed by atoms with E-state index in [9.17, 15) is 14.4 Å². The summed E-state index contributed by atoms with van der Waals surface area (Å²) < 4.78 is 0. The van der Waals surface area contributed by atoms with E-state index >= 15 is 0 Å². The highest BCUT2D eigenvalue weighted by molar-refractivity contribution is 6.05. The predicted molar refractivity (Wildman–Crippen MR) is 93.5 cm³/mol. The fourth-order valence-electron chi connectivity index (χ4n) is 3.98. The van der Waals surface area contributed by atoms with E-state index in [-0.39, 0.29) is 11.7 Å². The topological polar surface area (TPSA) is 66.5 Å². The van der Waals surface area contributed by atoms with Crippen LogP contribution in [-0.2, 0) is 11.2 Å². The maximum atomic E-state index is 12.5. The van der Waals surface area contributed by atoms with E-state index in [0.717, 1.165) is 44.3 Å². The first-order valence-electron chi connectivity index (χ1n) is 9.35. The minimum absolute atomic E-state index is 0.0805. The second-order valence-electron chi connectivity index (χ2n) is 7.51. The molecule has 0 radical (unpaired) electrons. The largest absolute Gasteiger partial charge is 0.352 e. The summed E-state index contributed by atoms with van der Waals surface area (Å²) >= 11 is 0. The lowest BCUT2D eigenvalue weighted by atomic mass is 9.96. The number of nitrogens with one attached hydrogen (secondary N) is 1. The molecule has 1 aromatic carbocycles. The number of carbonyl (C=O) groups is 3. The molecule has 0 atom stereocenters. The smallest absolute Gasteiger partial charge is 0.251 e. The Morgan fingerprint density at radius 2 is 1.84 bits per heavy atom. The Balaban J connectivity index is 1.30. The van der Waals surface area contributed by atoms with Crippen LogP contribution in [0.25, 0.3) is 0 Å². The third kappa shape index (κ3) is 3.32. The number of Topliss-reactive ketones (excluding diaryl/α,β-unsaturated/α-hetero) is 1. The summed E-state index contributed by atoms with van der Waals surface area (Å²) in [6.45, 7) is 2.26. The minimum atomic E-state index is -0.0805.